The Morgan fingerprint density at radius 1 is 1.29 bits per heavy atom. The third kappa shape index (κ3) is 3.12. The summed E-state index contributed by atoms with van der Waals surface area (Å²) in [7, 11) is 0. The highest BCUT2D eigenvalue weighted by atomic mass is 32.2. The number of thioether (sulfide) groups is 2. The standard InChI is InChI=1S/C19H20N4O3S2/c1-19(2)14(17(25)26)23-15(24)13(16(23)28-19)21-12-9-11(20-18(22-12)27-3)10-7-5-4-6-8-10/h4-9,13-14,16H,1-3H3,(H,25,26)(H,20,21,22)/t13-,14+,16-/m1/s1. The van der Waals surface area contributed by atoms with Gasteiger partial charge < -0.3 is 15.3 Å². The van der Waals surface area contributed by atoms with Crippen molar-refractivity contribution in [2.45, 2.75) is 41.2 Å². The number of nitrogens with zero attached hydrogens (tertiary/aromatic N) is 3. The zero-order chi connectivity index (χ0) is 20.1. The molecule has 0 unspecified atom stereocenters. The SMILES string of the molecule is CSc1nc(N[C@@H]2C(=O)N3[C@@H]2SC(C)(C)[C@@H]3C(=O)O)cc(-c2ccccc2)n1. The first kappa shape index (κ1) is 19.1. The van der Waals surface area contributed by atoms with Crippen LogP contribution in [0.2, 0.25) is 0 Å². The van der Waals surface area contributed by atoms with Crippen LogP contribution in [-0.4, -0.2) is 60.3 Å². The summed E-state index contributed by atoms with van der Waals surface area (Å²) in [6, 6.07) is 10.3. The normalized spacial score (nSPS) is 25.2. The van der Waals surface area contributed by atoms with Crippen LogP contribution in [0.1, 0.15) is 13.8 Å². The third-order valence-corrected chi connectivity index (χ3v) is 7.06. The zero-order valence-electron chi connectivity index (χ0n) is 15.6. The monoisotopic (exact) mass is 416 g/mol. The van der Waals surface area contributed by atoms with Gasteiger partial charge in [-0.05, 0) is 20.1 Å². The average molecular weight is 417 g/mol. The van der Waals surface area contributed by atoms with Crippen molar-refractivity contribution < 1.29 is 14.7 Å². The Bertz CT molecular complexity index is 938. The van der Waals surface area contributed by atoms with Crippen LogP contribution in [0.3, 0.4) is 0 Å². The van der Waals surface area contributed by atoms with Crippen molar-refractivity contribution in [3.63, 3.8) is 0 Å². The van der Waals surface area contributed by atoms with E-state index in [9.17, 15) is 14.7 Å². The van der Waals surface area contributed by atoms with Gasteiger partial charge in [0.05, 0.1) is 5.69 Å². The number of hydrogen-bond acceptors (Lipinski definition) is 7. The summed E-state index contributed by atoms with van der Waals surface area (Å²) in [5.74, 6) is -0.612. The summed E-state index contributed by atoms with van der Waals surface area (Å²) in [4.78, 5) is 34.9. The molecule has 1 aromatic carbocycles. The number of aliphatic carboxylic acids is 1. The smallest absolute Gasteiger partial charge is 0.327 e. The summed E-state index contributed by atoms with van der Waals surface area (Å²) in [5, 5.41) is 13.1. The van der Waals surface area contributed by atoms with Crippen LogP contribution in [-0.2, 0) is 9.59 Å². The molecule has 2 aliphatic rings. The summed E-state index contributed by atoms with van der Waals surface area (Å²) >= 11 is 2.94. The Morgan fingerprint density at radius 3 is 2.64 bits per heavy atom. The van der Waals surface area contributed by atoms with Gasteiger partial charge in [0.25, 0.3) is 0 Å². The lowest BCUT2D eigenvalue weighted by Gasteiger charge is -2.43. The highest BCUT2D eigenvalue weighted by molar-refractivity contribution is 8.01. The molecular weight excluding hydrogens is 396 g/mol. The van der Waals surface area contributed by atoms with Crippen molar-refractivity contribution in [2.75, 3.05) is 11.6 Å². The molecule has 4 rings (SSSR count). The molecule has 2 fully saturated rings. The highest BCUT2D eigenvalue weighted by Gasteiger charge is 2.63. The zero-order valence-corrected chi connectivity index (χ0v) is 17.3. The number of β-lactam (4-membered cyclic amide) rings is 1. The number of nitrogens with one attached hydrogen (secondary N) is 1. The fraction of sp³-hybridized carbons (Fsp3) is 0.368. The molecule has 28 heavy (non-hydrogen) atoms. The summed E-state index contributed by atoms with van der Waals surface area (Å²) in [5.41, 5.74) is 1.74. The maximum Gasteiger partial charge on any atom is 0.327 e. The molecule has 7 nitrogen and oxygen atoms in total. The van der Waals surface area contributed by atoms with Gasteiger partial charge in [0.2, 0.25) is 5.91 Å². The number of carboxylic acids is 1. The fourth-order valence-corrected chi connectivity index (χ4v) is 5.66. The van der Waals surface area contributed by atoms with Gasteiger partial charge in [-0.2, -0.15) is 0 Å². The maximum absolute atomic E-state index is 12.7. The second kappa shape index (κ2) is 6.97. The minimum absolute atomic E-state index is 0.207. The van der Waals surface area contributed by atoms with E-state index in [0.29, 0.717) is 11.0 Å². The van der Waals surface area contributed by atoms with E-state index in [0.717, 1.165) is 11.3 Å². The van der Waals surface area contributed by atoms with E-state index in [1.54, 1.807) is 0 Å². The molecule has 3 atom stereocenters. The molecular formula is C19H20N4O3S2. The molecule has 2 aromatic rings. The van der Waals surface area contributed by atoms with Crippen LogP contribution in [0, 0.1) is 0 Å². The van der Waals surface area contributed by atoms with Gasteiger partial charge in [-0.1, -0.05) is 42.1 Å². The Kier molecular flexibility index (Phi) is 4.75. The molecule has 1 amide bonds. The molecule has 0 saturated carbocycles. The summed E-state index contributed by atoms with van der Waals surface area (Å²) < 4.78 is -0.548. The van der Waals surface area contributed by atoms with E-state index in [2.05, 4.69) is 15.3 Å². The highest BCUT2D eigenvalue weighted by Crippen LogP contribution is 2.51. The number of amides is 1. The largest absolute Gasteiger partial charge is 0.480 e. The minimum Gasteiger partial charge on any atom is -0.480 e. The maximum atomic E-state index is 12.7. The van der Waals surface area contributed by atoms with Crippen molar-refractivity contribution in [1.29, 1.82) is 0 Å². The topological polar surface area (TPSA) is 95.4 Å². The van der Waals surface area contributed by atoms with Crippen LogP contribution in [0.5, 0.6) is 0 Å². The van der Waals surface area contributed by atoms with Gasteiger partial charge in [-0.3, -0.25) is 4.79 Å². The number of benzene rings is 1. The predicted molar refractivity (Wildman–Crippen MR) is 110 cm³/mol. The van der Waals surface area contributed by atoms with Gasteiger partial charge in [0, 0.05) is 16.4 Å². The molecule has 0 radical (unpaired) electrons. The van der Waals surface area contributed by atoms with Crippen LogP contribution in [0.25, 0.3) is 11.3 Å². The van der Waals surface area contributed by atoms with Gasteiger partial charge in [0.1, 0.15) is 23.3 Å². The molecule has 2 saturated heterocycles. The van der Waals surface area contributed by atoms with E-state index in [4.69, 9.17) is 0 Å². The molecule has 146 valence electrons. The quantitative estimate of drug-likeness (QED) is 0.436. The first-order valence-electron chi connectivity index (χ1n) is 8.79. The lowest BCUT2D eigenvalue weighted by atomic mass is 9.96. The Morgan fingerprint density at radius 2 is 2.00 bits per heavy atom. The van der Waals surface area contributed by atoms with Crippen molar-refractivity contribution in [3.05, 3.63) is 36.4 Å². The molecule has 0 aliphatic carbocycles. The summed E-state index contributed by atoms with van der Waals surface area (Å²) in [6.07, 6.45) is 1.90. The second-order valence-corrected chi connectivity index (χ2v) is 9.76. The Balaban J connectivity index is 1.61. The number of hydrogen-bond donors (Lipinski definition) is 2. The van der Waals surface area contributed by atoms with E-state index >= 15 is 0 Å². The first-order valence-corrected chi connectivity index (χ1v) is 10.9. The van der Waals surface area contributed by atoms with Gasteiger partial charge in [0.15, 0.2) is 5.16 Å². The van der Waals surface area contributed by atoms with E-state index < -0.39 is 22.8 Å². The first-order chi connectivity index (χ1) is 13.3. The minimum atomic E-state index is -0.968. The fourth-order valence-electron chi connectivity index (χ4n) is 3.65. The number of rotatable bonds is 5. The van der Waals surface area contributed by atoms with Gasteiger partial charge in [-0.25, -0.2) is 14.8 Å². The van der Waals surface area contributed by atoms with Crippen LogP contribution < -0.4 is 5.32 Å². The van der Waals surface area contributed by atoms with E-state index in [1.165, 1.54) is 28.4 Å². The number of carboxylic acid groups (broad SMARTS) is 1. The van der Waals surface area contributed by atoms with Gasteiger partial charge in [-0.15, -0.1) is 11.8 Å². The van der Waals surface area contributed by atoms with E-state index in [1.807, 2.05) is 56.5 Å². The average Bonchev–Trinajstić information content (AvgIpc) is 2.94. The number of fused-ring (bicyclic) bond motifs is 1. The lowest BCUT2D eigenvalue weighted by Crippen LogP contribution is -2.68. The van der Waals surface area contributed by atoms with Gasteiger partial charge >= 0.3 is 5.97 Å². The van der Waals surface area contributed by atoms with E-state index in [-0.39, 0.29) is 11.3 Å². The van der Waals surface area contributed by atoms with Crippen LogP contribution in [0.4, 0.5) is 5.82 Å². The molecule has 2 aliphatic heterocycles. The lowest BCUT2D eigenvalue weighted by molar-refractivity contribution is -0.158. The number of aromatic nitrogens is 2. The Labute approximate surface area is 171 Å². The van der Waals surface area contributed by atoms with Crippen LogP contribution in [0.15, 0.2) is 41.6 Å². The van der Waals surface area contributed by atoms with Crippen molar-refractivity contribution >= 4 is 41.2 Å². The van der Waals surface area contributed by atoms with Crippen LogP contribution >= 0.6 is 23.5 Å². The van der Waals surface area contributed by atoms with Crippen molar-refractivity contribution in [1.82, 2.24) is 14.9 Å². The Hall–Kier alpha value is -2.26. The molecule has 1 aromatic heterocycles. The predicted octanol–water partition coefficient (Wildman–Crippen LogP) is 2.79. The summed E-state index contributed by atoms with van der Waals surface area (Å²) in [6.45, 7) is 3.73. The molecule has 0 spiro atoms. The number of carbonyl (C=O) groups excluding carboxylic acids is 1. The van der Waals surface area contributed by atoms with Crippen molar-refractivity contribution in [2.24, 2.45) is 0 Å². The second-order valence-electron chi connectivity index (χ2n) is 7.21. The van der Waals surface area contributed by atoms with Crippen molar-refractivity contribution in [3.8, 4) is 11.3 Å². The molecule has 2 N–H and O–H groups in total. The molecule has 0 bridgehead atoms. The number of carbonyl (C=O) groups is 2. The third-order valence-electron chi connectivity index (χ3n) is 4.94. The number of anilines is 1. The molecule has 9 heteroatoms. The molecule has 3 heterocycles.